The first kappa shape index (κ1) is 20.7. The third-order valence-corrected chi connectivity index (χ3v) is 7.18. The van der Waals surface area contributed by atoms with Gasteiger partial charge in [-0.3, -0.25) is 9.69 Å². The number of sulfone groups is 1. The van der Waals surface area contributed by atoms with Crippen LogP contribution in [-0.2, 0) is 16.4 Å². The Kier molecular flexibility index (Phi) is 5.99. The number of nitrogens with zero attached hydrogens (tertiary/aromatic N) is 3. The Balaban J connectivity index is 1.35. The van der Waals surface area contributed by atoms with E-state index < -0.39 is 9.84 Å². The van der Waals surface area contributed by atoms with E-state index in [2.05, 4.69) is 22.4 Å². The maximum atomic E-state index is 12.8. The van der Waals surface area contributed by atoms with Crippen molar-refractivity contribution in [2.45, 2.75) is 11.4 Å². The van der Waals surface area contributed by atoms with Crippen LogP contribution >= 0.6 is 11.3 Å². The van der Waals surface area contributed by atoms with Crippen LogP contribution in [0.25, 0.3) is 10.6 Å². The van der Waals surface area contributed by atoms with Gasteiger partial charge in [0.2, 0.25) is 0 Å². The second-order valence-electron chi connectivity index (χ2n) is 7.38. The van der Waals surface area contributed by atoms with Crippen molar-refractivity contribution in [1.82, 2.24) is 14.8 Å². The molecule has 3 aromatic rings. The van der Waals surface area contributed by atoms with Gasteiger partial charge in [-0.15, -0.1) is 11.3 Å². The van der Waals surface area contributed by atoms with Gasteiger partial charge < -0.3 is 4.90 Å². The number of hydrogen-bond acceptors (Lipinski definition) is 6. The van der Waals surface area contributed by atoms with Gasteiger partial charge in [0.05, 0.1) is 10.6 Å². The van der Waals surface area contributed by atoms with E-state index in [-0.39, 0.29) is 10.8 Å². The molecule has 6 nitrogen and oxygen atoms in total. The molecule has 1 amide bonds. The van der Waals surface area contributed by atoms with Crippen LogP contribution in [0.5, 0.6) is 0 Å². The molecule has 2 heterocycles. The van der Waals surface area contributed by atoms with Crippen molar-refractivity contribution >= 4 is 27.1 Å². The van der Waals surface area contributed by atoms with Crippen molar-refractivity contribution in [2.75, 3.05) is 32.4 Å². The normalized spacial score (nSPS) is 15.3. The topological polar surface area (TPSA) is 70.6 Å². The number of carbonyl (C=O) groups excluding carboxylic acids is 1. The van der Waals surface area contributed by atoms with Crippen molar-refractivity contribution < 1.29 is 13.2 Å². The molecule has 0 radical (unpaired) electrons. The van der Waals surface area contributed by atoms with Crippen LogP contribution in [0.4, 0.5) is 0 Å². The summed E-state index contributed by atoms with van der Waals surface area (Å²) in [6, 6.07) is 16.4. The zero-order valence-electron chi connectivity index (χ0n) is 16.7. The van der Waals surface area contributed by atoms with E-state index in [0.29, 0.717) is 18.7 Å². The van der Waals surface area contributed by atoms with Gasteiger partial charge in [0.25, 0.3) is 5.91 Å². The highest BCUT2D eigenvalue weighted by molar-refractivity contribution is 7.90. The SMILES string of the molecule is CS(=O)(=O)c1cccc(C(=O)N2CCN(Cc3csc(-c4ccccc4)n3)CC2)c1. The summed E-state index contributed by atoms with van der Waals surface area (Å²) >= 11 is 1.65. The Bertz CT molecular complexity index is 1140. The minimum Gasteiger partial charge on any atom is -0.336 e. The minimum atomic E-state index is -3.34. The summed E-state index contributed by atoms with van der Waals surface area (Å²) in [5.41, 5.74) is 2.58. The minimum absolute atomic E-state index is 0.125. The molecule has 1 aliphatic rings. The lowest BCUT2D eigenvalue weighted by Gasteiger charge is -2.34. The molecule has 8 heteroatoms. The van der Waals surface area contributed by atoms with Crippen LogP contribution < -0.4 is 0 Å². The fraction of sp³-hybridized carbons (Fsp3) is 0.273. The van der Waals surface area contributed by atoms with E-state index in [1.807, 2.05) is 18.2 Å². The first-order chi connectivity index (χ1) is 14.4. The summed E-state index contributed by atoms with van der Waals surface area (Å²) in [7, 11) is -3.34. The molecular formula is C22H23N3O3S2. The number of piperazine rings is 1. The van der Waals surface area contributed by atoms with Gasteiger partial charge in [0, 0.05) is 55.5 Å². The predicted molar refractivity (Wildman–Crippen MR) is 118 cm³/mol. The molecule has 0 unspecified atom stereocenters. The maximum absolute atomic E-state index is 12.8. The van der Waals surface area contributed by atoms with Gasteiger partial charge >= 0.3 is 0 Å². The Morgan fingerprint density at radius 2 is 1.77 bits per heavy atom. The summed E-state index contributed by atoms with van der Waals surface area (Å²) in [5.74, 6) is -0.125. The van der Waals surface area contributed by atoms with E-state index >= 15 is 0 Å². The van der Waals surface area contributed by atoms with Crippen molar-refractivity contribution in [3.63, 3.8) is 0 Å². The molecular weight excluding hydrogens is 418 g/mol. The number of benzene rings is 2. The van der Waals surface area contributed by atoms with Crippen LogP contribution in [-0.4, -0.2) is 61.5 Å². The average molecular weight is 442 g/mol. The van der Waals surface area contributed by atoms with E-state index in [4.69, 9.17) is 4.98 Å². The third kappa shape index (κ3) is 4.77. The van der Waals surface area contributed by atoms with Crippen LogP contribution in [0, 0.1) is 0 Å². The molecule has 0 bridgehead atoms. The van der Waals surface area contributed by atoms with Crippen LogP contribution in [0.2, 0.25) is 0 Å². The predicted octanol–water partition coefficient (Wildman–Crippen LogP) is 3.17. The van der Waals surface area contributed by atoms with E-state index in [1.165, 1.54) is 12.1 Å². The number of aromatic nitrogens is 1. The van der Waals surface area contributed by atoms with Crippen molar-refractivity contribution in [2.24, 2.45) is 0 Å². The smallest absolute Gasteiger partial charge is 0.253 e. The highest BCUT2D eigenvalue weighted by Gasteiger charge is 2.23. The molecule has 1 saturated heterocycles. The van der Waals surface area contributed by atoms with Gasteiger partial charge in [-0.05, 0) is 18.2 Å². The number of hydrogen-bond donors (Lipinski definition) is 0. The molecule has 1 fully saturated rings. The van der Waals surface area contributed by atoms with E-state index in [9.17, 15) is 13.2 Å². The first-order valence-corrected chi connectivity index (χ1v) is 12.5. The zero-order valence-corrected chi connectivity index (χ0v) is 18.3. The van der Waals surface area contributed by atoms with Gasteiger partial charge in [0.1, 0.15) is 5.01 Å². The maximum Gasteiger partial charge on any atom is 0.253 e. The van der Waals surface area contributed by atoms with Crippen LogP contribution in [0.3, 0.4) is 0 Å². The summed E-state index contributed by atoms with van der Waals surface area (Å²) < 4.78 is 23.5. The molecule has 0 N–H and O–H groups in total. The Morgan fingerprint density at radius 3 is 2.47 bits per heavy atom. The highest BCUT2D eigenvalue weighted by Crippen LogP contribution is 2.24. The van der Waals surface area contributed by atoms with E-state index in [0.717, 1.165) is 42.2 Å². The lowest BCUT2D eigenvalue weighted by Crippen LogP contribution is -2.48. The van der Waals surface area contributed by atoms with E-state index in [1.54, 1.807) is 28.4 Å². The highest BCUT2D eigenvalue weighted by atomic mass is 32.2. The Labute approximate surface area is 180 Å². The Morgan fingerprint density at radius 1 is 1.03 bits per heavy atom. The van der Waals surface area contributed by atoms with Crippen molar-refractivity contribution in [3.05, 3.63) is 71.2 Å². The van der Waals surface area contributed by atoms with Gasteiger partial charge in [-0.2, -0.15) is 0 Å². The molecule has 0 spiro atoms. The molecule has 0 aliphatic carbocycles. The standard InChI is InChI=1S/C22H23N3O3S2/c1-30(27,28)20-9-5-8-18(14-20)22(26)25-12-10-24(11-13-25)15-19-16-29-21(23-19)17-6-3-2-4-7-17/h2-9,14,16H,10-13,15H2,1H3. The molecule has 156 valence electrons. The average Bonchev–Trinajstić information content (AvgIpc) is 3.22. The zero-order chi connectivity index (χ0) is 21.1. The molecule has 0 atom stereocenters. The molecule has 2 aromatic carbocycles. The summed E-state index contributed by atoms with van der Waals surface area (Å²) in [4.78, 5) is 21.8. The van der Waals surface area contributed by atoms with Gasteiger partial charge in [0.15, 0.2) is 9.84 Å². The fourth-order valence-electron chi connectivity index (χ4n) is 3.47. The molecule has 1 aliphatic heterocycles. The number of amides is 1. The lowest BCUT2D eigenvalue weighted by molar-refractivity contribution is 0.0627. The molecule has 0 saturated carbocycles. The van der Waals surface area contributed by atoms with Crippen molar-refractivity contribution in [1.29, 1.82) is 0 Å². The summed E-state index contributed by atoms with van der Waals surface area (Å²) in [6.07, 6.45) is 1.15. The number of carbonyl (C=O) groups is 1. The first-order valence-electron chi connectivity index (χ1n) is 9.72. The van der Waals surface area contributed by atoms with Gasteiger partial charge in [-0.25, -0.2) is 13.4 Å². The monoisotopic (exact) mass is 441 g/mol. The third-order valence-electron chi connectivity index (χ3n) is 5.13. The fourth-order valence-corrected chi connectivity index (χ4v) is 4.96. The quantitative estimate of drug-likeness (QED) is 0.608. The molecule has 4 rings (SSSR count). The molecule has 1 aromatic heterocycles. The van der Waals surface area contributed by atoms with Gasteiger partial charge in [-0.1, -0.05) is 36.4 Å². The largest absolute Gasteiger partial charge is 0.336 e. The summed E-state index contributed by atoms with van der Waals surface area (Å²) in [6.45, 7) is 3.50. The lowest BCUT2D eigenvalue weighted by atomic mass is 10.2. The second kappa shape index (κ2) is 8.67. The number of rotatable bonds is 5. The molecule has 30 heavy (non-hydrogen) atoms. The number of thiazole rings is 1. The Hall–Kier alpha value is -2.55. The second-order valence-corrected chi connectivity index (χ2v) is 10.3. The van der Waals surface area contributed by atoms with Crippen LogP contribution in [0.1, 0.15) is 16.1 Å². The van der Waals surface area contributed by atoms with Crippen LogP contribution in [0.15, 0.2) is 64.9 Å². The van der Waals surface area contributed by atoms with Crippen molar-refractivity contribution in [3.8, 4) is 10.6 Å². The summed E-state index contributed by atoms with van der Waals surface area (Å²) in [5, 5.41) is 3.11.